The molecule has 4 heterocycles. The lowest BCUT2D eigenvalue weighted by molar-refractivity contribution is 0.0639. The molecule has 0 N–H and O–H groups in total. The number of hydrogen-bond acceptors (Lipinski definition) is 7. The zero-order valence-corrected chi connectivity index (χ0v) is 17.6. The van der Waals surface area contributed by atoms with Crippen molar-refractivity contribution in [2.24, 2.45) is 0 Å². The lowest BCUT2D eigenvalue weighted by Crippen LogP contribution is -2.48. The fourth-order valence-electron chi connectivity index (χ4n) is 3.44. The van der Waals surface area contributed by atoms with Crippen LogP contribution >= 0.6 is 22.7 Å². The number of aromatic nitrogens is 2. The van der Waals surface area contributed by atoms with Gasteiger partial charge in [0.25, 0.3) is 5.91 Å². The Morgan fingerprint density at radius 1 is 1.18 bits per heavy atom. The topological polar surface area (TPSA) is 62.5 Å². The van der Waals surface area contributed by atoms with E-state index in [0.717, 1.165) is 61.7 Å². The van der Waals surface area contributed by atoms with E-state index in [0.29, 0.717) is 11.7 Å². The zero-order chi connectivity index (χ0) is 19.3. The summed E-state index contributed by atoms with van der Waals surface area (Å²) in [4.78, 5) is 23.6. The SMILES string of the molecule is CCc1ccsc1C(=O)N1CCN(CCCc2nc(-c3cccs3)no2)CC1. The first-order valence-electron chi connectivity index (χ1n) is 9.69. The molecule has 0 bridgehead atoms. The lowest BCUT2D eigenvalue weighted by atomic mass is 10.2. The predicted molar refractivity (Wildman–Crippen MR) is 112 cm³/mol. The van der Waals surface area contributed by atoms with Crippen molar-refractivity contribution in [1.82, 2.24) is 19.9 Å². The number of thiophene rings is 2. The normalized spacial score (nSPS) is 15.2. The molecular formula is C20H24N4O2S2. The summed E-state index contributed by atoms with van der Waals surface area (Å²) in [7, 11) is 0. The molecule has 0 radical (unpaired) electrons. The van der Waals surface area contributed by atoms with Crippen LogP contribution in [0.4, 0.5) is 0 Å². The molecule has 0 atom stereocenters. The van der Waals surface area contributed by atoms with Crippen molar-refractivity contribution in [3.05, 3.63) is 45.3 Å². The molecule has 0 aliphatic carbocycles. The lowest BCUT2D eigenvalue weighted by Gasteiger charge is -2.34. The molecule has 8 heteroatoms. The molecule has 3 aromatic heterocycles. The summed E-state index contributed by atoms with van der Waals surface area (Å²) in [6, 6.07) is 6.05. The molecule has 3 aromatic rings. The van der Waals surface area contributed by atoms with E-state index in [9.17, 15) is 4.79 Å². The molecule has 1 aliphatic rings. The minimum atomic E-state index is 0.193. The highest BCUT2D eigenvalue weighted by Crippen LogP contribution is 2.22. The Labute approximate surface area is 172 Å². The summed E-state index contributed by atoms with van der Waals surface area (Å²) in [6.45, 7) is 6.51. The third-order valence-electron chi connectivity index (χ3n) is 5.06. The number of nitrogens with zero attached hydrogens (tertiary/aromatic N) is 4. The highest BCUT2D eigenvalue weighted by molar-refractivity contribution is 7.13. The van der Waals surface area contributed by atoms with Gasteiger partial charge in [0.05, 0.1) is 9.75 Å². The maximum atomic E-state index is 12.7. The average molecular weight is 417 g/mol. The zero-order valence-electron chi connectivity index (χ0n) is 16.0. The van der Waals surface area contributed by atoms with Crippen LogP contribution in [0.2, 0.25) is 0 Å². The quantitative estimate of drug-likeness (QED) is 0.586. The summed E-state index contributed by atoms with van der Waals surface area (Å²) < 4.78 is 5.36. The molecule has 0 unspecified atom stereocenters. The van der Waals surface area contributed by atoms with Gasteiger partial charge in [-0.05, 0) is 47.8 Å². The standard InChI is InChI=1S/C20H24N4O2S2/c1-2-15-7-14-28-18(15)20(25)24-11-9-23(10-12-24)8-3-6-17-21-19(22-26-17)16-5-4-13-27-16/h4-5,7,13-14H,2-3,6,8-12H2,1H3. The number of aryl methyl sites for hydroxylation is 2. The molecule has 1 aliphatic heterocycles. The number of rotatable bonds is 7. The van der Waals surface area contributed by atoms with E-state index in [1.54, 1.807) is 22.7 Å². The Bertz CT molecular complexity index is 895. The van der Waals surface area contributed by atoms with Crippen LogP contribution in [0.15, 0.2) is 33.5 Å². The van der Waals surface area contributed by atoms with Gasteiger partial charge in [0.1, 0.15) is 0 Å². The largest absolute Gasteiger partial charge is 0.339 e. The molecule has 28 heavy (non-hydrogen) atoms. The van der Waals surface area contributed by atoms with Crippen LogP contribution in [0.1, 0.15) is 34.5 Å². The monoisotopic (exact) mass is 416 g/mol. The molecule has 4 rings (SSSR count). The van der Waals surface area contributed by atoms with E-state index in [4.69, 9.17) is 4.52 Å². The Morgan fingerprint density at radius 3 is 2.79 bits per heavy atom. The first kappa shape index (κ1) is 19.3. The van der Waals surface area contributed by atoms with E-state index in [-0.39, 0.29) is 5.91 Å². The van der Waals surface area contributed by atoms with Gasteiger partial charge in [-0.15, -0.1) is 22.7 Å². The Balaban J connectivity index is 1.21. The molecule has 1 amide bonds. The van der Waals surface area contributed by atoms with Gasteiger partial charge in [-0.1, -0.05) is 18.1 Å². The Kier molecular flexibility index (Phi) is 6.19. The van der Waals surface area contributed by atoms with Gasteiger partial charge in [0, 0.05) is 32.6 Å². The second-order valence-corrected chi connectivity index (χ2v) is 8.72. The minimum absolute atomic E-state index is 0.193. The van der Waals surface area contributed by atoms with E-state index >= 15 is 0 Å². The van der Waals surface area contributed by atoms with Gasteiger partial charge in [-0.25, -0.2) is 0 Å². The van der Waals surface area contributed by atoms with Crippen LogP contribution in [0.3, 0.4) is 0 Å². The third-order valence-corrected chi connectivity index (χ3v) is 6.87. The second kappa shape index (κ2) is 8.98. The van der Waals surface area contributed by atoms with Crippen molar-refractivity contribution in [3.63, 3.8) is 0 Å². The predicted octanol–water partition coefficient (Wildman–Crippen LogP) is 3.81. The number of piperazine rings is 1. The van der Waals surface area contributed by atoms with Crippen molar-refractivity contribution < 1.29 is 9.32 Å². The van der Waals surface area contributed by atoms with Gasteiger partial charge in [-0.2, -0.15) is 4.98 Å². The van der Waals surface area contributed by atoms with Gasteiger partial charge in [0.15, 0.2) is 0 Å². The van der Waals surface area contributed by atoms with E-state index in [1.165, 1.54) is 5.56 Å². The highest BCUT2D eigenvalue weighted by Gasteiger charge is 2.24. The molecule has 1 saturated heterocycles. The van der Waals surface area contributed by atoms with Crippen LogP contribution < -0.4 is 0 Å². The van der Waals surface area contributed by atoms with Crippen LogP contribution in [0.25, 0.3) is 10.7 Å². The highest BCUT2D eigenvalue weighted by atomic mass is 32.1. The van der Waals surface area contributed by atoms with E-state index in [2.05, 4.69) is 28.0 Å². The van der Waals surface area contributed by atoms with Crippen molar-refractivity contribution in [2.45, 2.75) is 26.2 Å². The fourth-order valence-corrected chi connectivity index (χ4v) is 5.05. The maximum absolute atomic E-state index is 12.7. The van der Waals surface area contributed by atoms with Crippen LogP contribution in [-0.4, -0.2) is 58.6 Å². The van der Waals surface area contributed by atoms with Crippen molar-refractivity contribution in [1.29, 1.82) is 0 Å². The van der Waals surface area contributed by atoms with Crippen molar-refractivity contribution >= 4 is 28.6 Å². The summed E-state index contributed by atoms with van der Waals surface area (Å²) >= 11 is 3.18. The average Bonchev–Trinajstić information content (AvgIpc) is 3.48. The van der Waals surface area contributed by atoms with Crippen LogP contribution in [0, 0.1) is 0 Å². The molecule has 0 aromatic carbocycles. The van der Waals surface area contributed by atoms with Crippen molar-refractivity contribution in [3.8, 4) is 10.7 Å². The summed E-state index contributed by atoms with van der Waals surface area (Å²) in [5, 5.41) is 8.09. The first-order valence-corrected chi connectivity index (χ1v) is 11.4. The number of amides is 1. The molecule has 148 valence electrons. The van der Waals surface area contributed by atoms with E-state index in [1.807, 2.05) is 27.8 Å². The number of carbonyl (C=O) groups is 1. The van der Waals surface area contributed by atoms with Gasteiger partial charge < -0.3 is 9.42 Å². The molecule has 1 fully saturated rings. The third kappa shape index (κ3) is 4.34. The maximum Gasteiger partial charge on any atom is 0.264 e. The molecular weight excluding hydrogens is 392 g/mol. The summed E-state index contributed by atoms with van der Waals surface area (Å²) in [6.07, 6.45) is 2.67. The summed E-state index contributed by atoms with van der Waals surface area (Å²) in [5.74, 6) is 1.57. The van der Waals surface area contributed by atoms with Gasteiger partial charge in [0.2, 0.25) is 11.7 Å². The molecule has 0 spiro atoms. The van der Waals surface area contributed by atoms with E-state index < -0.39 is 0 Å². The number of carbonyl (C=O) groups excluding carboxylic acids is 1. The number of hydrogen-bond donors (Lipinski definition) is 0. The van der Waals surface area contributed by atoms with Gasteiger partial charge >= 0.3 is 0 Å². The second-order valence-electron chi connectivity index (χ2n) is 6.85. The van der Waals surface area contributed by atoms with Crippen LogP contribution in [0.5, 0.6) is 0 Å². The Hall–Kier alpha value is -2.03. The fraction of sp³-hybridized carbons (Fsp3) is 0.450. The molecule has 0 saturated carbocycles. The molecule has 6 nitrogen and oxygen atoms in total. The smallest absolute Gasteiger partial charge is 0.264 e. The van der Waals surface area contributed by atoms with Crippen molar-refractivity contribution in [2.75, 3.05) is 32.7 Å². The first-order chi connectivity index (χ1) is 13.7. The minimum Gasteiger partial charge on any atom is -0.339 e. The Morgan fingerprint density at radius 2 is 2.04 bits per heavy atom. The van der Waals surface area contributed by atoms with Crippen LogP contribution in [-0.2, 0) is 12.8 Å². The summed E-state index contributed by atoms with van der Waals surface area (Å²) in [5.41, 5.74) is 1.17. The van der Waals surface area contributed by atoms with Gasteiger partial charge in [-0.3, -0.25) is 9.69 Å².